The zero-order chi connectivity index (χ0) is 23.1. The first kappa shape index (κ1) is 23.9. The number of hydrogen-bond acceptors (Lipinski definition) is 2. The standard InChI is InChI=1S/C24H16Cl4N2O2/c25-17-9-5-15(13-19(17)27)7-11-23(31)29-21-3-1-2-4-22(21)30-24(32)12-8-16-6-10-18(26)20(28)14-16/h1-14H,(H,29,31)(H,30,32). The summed E-state index contributed by atoms with van der Waals surface area (Å²) in [4.78, 5) is 24.7. The van der Waals surface area contributed by atoms with E-state index in [2.05, 4.69) is 10.6 Å². The molecule has 0 bridgehead atoms. The van der Waals surface area contributed by atoms with E-state index < -0.39 is 0 Å². The summed E-state index contributed by atoms with van der Waals surface area (Å²) in [6.45, 7) is 0. The molecule has 0 saturated heterocycles. The number of para-hydroxylation sites is 2. The van der Waals surface area contributed by atoms with Crippen LogP contribution in [0.25, 0.3) is 12.2 Å². The van der Waals surface area contributed by atoms with Crippen molar-refractivity contribution < 1.29 is 9.59 Å². The number of carbonyl (C=O) groups is 2. The molecule has 0 aliphatic carbocycles. The van der Waals surface area contributed by atoms with Gasteiger partial charge in [0.2, 0.25) is 11.8 Å². The number of amides is 2. The largest absolute Gasteiger partial charge is 0.321 e. The van der Waals surface area contributed by atoms with E-state index in [0.717, 1.165) is 11.1 Å². The van der Waals surface area contributed by atoms with Gasteiger partial charge in [0, 0.05) is 12.2 Å². The Labute approximate surface area is 205 Å². The molecule has 0 saturated carbocycles. The molecule has 0 fully saturated rings. The Bertz CT molecular complexity index is 1130. The summed E-state index contributed by atoms with van der Waals surface area (Å²) in [5, 5.41) is 7.16. The van der Waals surface area contributed by atoms with E-state index in [0.29, 0.717) is 31.5 Å². The molecule has 3 rings (SSSR count). The first-order chi connectivity index (χ1) is 15.3. The van der Waals surface area contributed by atoms with Gasteiger partial charge in [-0.15, -0.1) is 0 Å². The van der Waals surface area contributed by atoms with Crippen molar-refractivity contribution in [1.29, 1.82) is 0 Å². The van der Waals surface area contributed by atoms with Gasteiger partial charge in [0.05, 0.1) is 31.5 Å². The minimum Gasteiger partial charge on any atom is -0.321 e. The lowest BCUT2D eigenvalue weighted by atomic mass is 10.2. The summed E-state index contributed by atoms with van der Waals surface area (Å²) in [6.07, 6.45) is 5.95. The molecular formula is C24H16Cl4N2O2. The van der Waals surface area contributed by atoms with Crippen molar-refractivity contribution in [2.45, 2.75) is 0 Å². The van der Waals surface area contributed by atoms with Crippen LogP contribution in [0, 0.1) is 0 Å². The van der Waals surface area contributed by atoms with Crippen LogP contribution in [0.1, 0.15) is 11.1 Å². The highest BCUT2D eigenvalue weighted by atomic mass is 35.5. The third-order valence-electron chi connectivity index (χ3n) is 4.18. The van der Waals surface area contributed by atoms with Gasteiger partial charge >= 0.3 is 0 Å². The Morgan fingerprint density at radius 2 is 1.00 bits per heavy atom. The predicted octanol–water partition coefficient (Wildman–Crippen LogP) is 7.60. The van der Waals surface area contributed by atoms with E-state index in [-0.39, 0.29) is 11.8 Å². The van der Waals surface area contributed by atoms with Gasteiger partial charge in [0.15, 0.2) is 0 Å². The Morgan fingerprint density at radius 3 is 1.38 bits per heavy atom. The Kier molecular flexibility index (Phi) is 8.37. The molecule has 0 spiro atoms. The first-order valence-electron chi connectivity index (χ1n) is 9.29. The van der Waals surface area contributed by atoms with Gasteiger partial charge in [-0.25, -0.2) is 0 Å². The van der Waals surface area contributed by atoms with Gasteiger partial charge in [0.25, 0.3) is 0 Å². The highest BCUT2D eigenvalue weighted by molar-refractivity contribution is 6.42. The third-order valence-corrected chi connectivity index (χ3v) is 5.66. The summed E-state index contributed by atoms with van der Waals surface area (Å²) >= 11 is 23.8. The van der Waals surface area contributed by atoms with Crippen LogP contribution in [0.3, 0.4) is 0 Å². The van der Waals surface area contributed by atoms with Gasteiger partial charge in [-0.2, -0.15) is 0 Å². The molecule has 0 unspecified atom stereocenters. The van der Waals surface area contributed by atoms with Crippen LogP contribution >= 0.6 is 46.4 Å². The normalized spacial score (nSPS) is 11.1. The third kappa shape index (κ3) is 6.87. The molecule has 0 aliphatic heterocycles. The van der Waals surface area contributed by atoms with Gasteiger partial charge in [-0.05, 0) is 59.7 Å². The first-order valence-corrected chi connectivity index (χ1v) is 10.8. The van der Waals surface area contributed by atoms with E-state index in [1.807, 2.05) is 0 Å². The van der Waals surface area contributed by atoms with Crippen LogP contribution in [-0.4, -0.2) is 11.8 Å². The van der Waals surface area contributed by atoms with Gasteiger partial charge in [0.1, 0.15) is 0 Å². The highest BCUT2D eigenvalue weighted by Gasteiger charge is 2.07. The van der Waals surface area contributed by atoms with Crippen molar-refractivity contribution in [1.82, 2.24) is 0 Å². The van der Waals surface area contributed by atoms with Crippen LogP contribution < -0.4 is 10.6 Å². The second-order valence-electron chi connectivity index (χ2n) is 6.54. The quantitative estimate of drug-likeness (QED) is 0.339. The summed E-state index contributed by atoms with van der Waals surface area (Å²) in [5.74, 6) is -0.742. The van der Waals surface area contributed by atoms with E-state index in [1.54, 1.807) is 72.8 Å². The molecule has 3 aromatic rings. The molecule has 2 N–H and O–H groups in total. The zero-order valence-electron chi connectivity index (χ0n) is 16.4. The Hall–Kier alpha value is -2.76. The lowest BCUT2D eigenvalue weighted by molar-refractivity contribution is -0.112. The van der Waals surface area contributed by atoms with Crippen LogP contribution in [-0.2, 0) is 9.59 Å². The summed E-state index contributed by atoms with van der Waals surface area (Å²) in [6, 6.07) is 17.0. The number of carbonyl (C=O) groups excluding carboxylic acids is 2. The zero-order valence-corrected chi connectivity index (χ0v) is 19.4. The topological polar surface area (TPSA) is 58.2 Å². The van der Waals surface area contributed by atoms with Crippen LogP contribution in [0.4, 0.5) is 11.4 Å². The second kappa shape index (κ2) is 11.2. The predicted molar refractivity (Wildman–Crippen MR) is 135 cm³/mol. The number of halogens is 4. The molecule has 0 aliphatic rings. The van der Waals surface area contributed by atoms with Crippen LogP contribution in [0.5, 0.6) is 0 Å². The Balaban J connectivity index is 1.65. The molecule has 0 heterocycles. The second-order valence-corrected chi connectivity index (χ2v) is 8.17. The average Bonchev–Trinajstić information content (AvgIpc) is 2.77. The summed E-state index contributed by atoms with van der Waals surface area (Å²) in [5.41, 5.74) is 2.35. The molecule has 0 radical (unpaired) electrons. The number of hydrogen-bond donors (Lipinski definition) is 2. The minimum atomic E-state index is -0.371. The molecule has 4 nitrogen and oxygen atoms in total. The van der Waals surface area contributed by atoms with Crippen molar-refractivity contribution in [3.63, 3.8) is 0 Å². The van der Waals surface area contributed by atoms with Crippen molar-refractivity contribution in [2.24, 2.45) is 0 Å². The lowest BCUT2D eigenvalue weighted by Gasteiger charge is -2.10. The fourth-order valence-corrected chi connectivity index (χ4v) is 3.24. The number of rotatable bonds is 6. The molecule has 162 valence electrons. The fourth-order valence-electron chi connectivity index (χ4n) is 2.63. The van der Waals surface area contributed by atoms with E-state index in [4.69, 9.17) is 46.4 Å². The number of anilines is 2. The maximum atomic E-state index is 12.3. The van der Waals surface area contributed by atoms with Crippen LogP contribution in [0.2, 0.25) is 20.1 Å². The Morgan fingerprint density at radius 1 is 0.594 bits per heavy atom. The summed E-state index contributed by atoms with van der Waals surface area (Å²) in [7, 11) is 0. The smallest absolute Gasteiger partial charge is 0.248 e. The van der Waals surface area contributed by atoms with Crippen molar-refractivity contribution >= 4 is 81.7 Å². The van der Waals surface area contributed by atoms with Gasteiger partial charge in [-0.3, -0.25) is 9.59 Å². The molecule has 2 amide bonds. The summed E-state index contributed by atoms with van der Waals surface area (Å²) < 4.78 is 0. The molecule has 0 aromatic heterocycles. The van der Waals surface area contributed by atoms with Crippen molar-refractivity contribution in [3.8, 4) is 0 Å². The number of benzene rings is 3. The van der Waals surface area contributed by atoms with E-state index in [9.17, 15) is 9.59 Å². The maximum absolute atomic E-state index is 12.3. The number of nitrogens with one attached hydrogen (secondary N) is 2. The molecule has 3 aromatic carbocycles. The molecular weight excluding hydrogens is 490 g/mol. The SMILES string of the molecule is O=C(C=Cc1ccc(Cl)c(Cl)c1)Nc1ccccc1NC(=O)C=Cc1ccc(Cl)c(Cl)c1. The van der Waals surface area contributed by atoms with Gasteiger partial charge < -0.3 is 10.6 Å². The highest BCUT2D eigenvalue weighted by Crippen LogP contribution is 2.25. The lowest BCUT2D eigenvalue weighted by Crippen LogP contribution is -2.13. The van der Waals surface area contributed by atoms with Crippen molar-refractivity contribution in [3.05, 3.63) is 104 Å². The molecule has 0 atom stereocenters. The minimum absolute atomic E-state index is 0.371. The van der Waals surface area contributed by atoms with Gasteiger partial charge in [-0.1, -0.05) is 70.7 Å². The van der Waals surface area contributed by atoms with Crippen molar-refractivity contribution in [2.75, 3.05) is 10.6 Å². The van der Waals surface area contributed by atoms with E-state index in [1.165, 1.54) is 12.2 Å². The monoisotopic (exact) mass is 504 g/mol. The van der Waals surface area contributed by atoms with Crippen LogP contribution in [0.15, 0.2) is 72.8 Å². The molecule has 32 heavy (non-hydrogen) atoms. The molecule has 8 heteroatoms. The van der Waals surface area contributed by atoms with E-state index >= 15 is 0 Å². The fraction of sp³-hybridized carbons (Fsp3) is 0. The maximum Gasteiger partial charge on any atom is 0.248 e. The average molecular weight is 506 g/mol.